The lowest BCUT2D eigenvalue weighted by Crippen LogP contribution is -2.44. The average Bonchev–Trinajstić information content (AvgIpc) is 3.01. The highest BCUT2D eigenvalue weighted by Crippen LogP contribution is 2.31. The molecule has 3 N–H and O–H groups in total. The second-order valence-electron chi connectivity index (χ2n) is 12.2. The van der Waals surface area contributed by atoms with E-state index >= 15 is 0 Å². The van der Waals surface area contributed by atoms with Gasteiger partial charge in [0.25, 0.3) is 5.91 Å². The fourth-order valence-corrected chi connectivity index (χ4v) is 6.75. The molecule has 1 aromatic rings. The Morgan fingerprint density at radius 3 is 2.41 bits per heavy atom. The van der Waals surface area contributed by atoms with Gasteiger partial charge in [0.2, 0.25) is 5.91 Å². The van der Waals surface area contributed by atoms with E-state index in [9.17, 15) is 9.59 Å². The number of guanidine groups is 1. The van der Waals surface area contributed by atoms with E-state index in [-0.39, 0.29) is 23.8 Å². The Hall–Kier alpha value is -3.20. The summed E-state index contributed by atoms with van der Waals surface area (Å²) in [6.07, 6.45) is 12.8. The van der Waals surface area contributed by atoms with E-state index in [1.807, 2.05) is 41.1 Å². The molecule has 1 unspecified atom stereocenters. The Morgan fingerprint density at radius 1 is 1.00 bits per heavy atom. The van der Waals surface area contributed by atoms with Crippen molar-refractivity contribution in [3.8, 4) is 0 Å². The fraction of sp³-hybridized carbons (Fsp3) is 0.625. The Labute approximate surface area is 244 Å². The quantitative estimate of drug-likeness (QED) is 0.320. The Kier molecular flexibility index (Phi) is 9.75. The third kappa shape index (κ3) is 7.36. The van der Waals surface area contributed by atoms with Crippen molar-refractivity contribution < 1.29 is 9.59 Å². The number of nitrogens with two attached hydrogens (primary N) is 1. The van der Waals surface area contributed by atoms with E-state index in [1.165, 1.54) is 24.8 Å². The molecule has 9 nitrogen and oxygen atoms in total. The van der Waals surface area contributed by atoms with Crippen LogP contribution in [0.5, 0.6) is 0 Å². The second-order valence-corrected chi connectivity index (χ2v) is 12.2. The third-order valence-corrected chi connectivity index (χ3v) is 9.39. The first-order valence-electron chi connectivity index (χ1n) is 15.6. The summed E-state index contributed by atoms with van der Waals surface area (Å²) in [4.78, 5) is 41.7. The summed E-state index contributed by atoms with van der Waals surface area (Å²) in [6.45, 7) is 4.26. The summed E-state index contributed by atoms with van der Waals surface area (Å²) >= 11 is 0. The molecule has 1 aromatic carbocycles. The van der Waals surface area contributed by atoms with Crippen LogP contribution in [0.25, 0.3) is 0 Å². The fourth-order valence-electron chi connectivity index (χ4n) is 6.75. The van der Waals surface area contributed by atoms with Crippen LogP contribution in [-0.2, 0) is 4.79 Å². The number of hydrogen-bond donors (Lipinski definition) is 2. The molecule has 222 valence electrons. The van der Waals surface area contributed by atoms with E-state index in [4.69, 9.17) is 15.7 Å². The summed E-state index contributed by atoms with van der Waals surface area (Å²) in [5.41, 5.74) is 9.11. The summed E-state index contributed by atoms with van der Waals surface area (Å²) < 4.78 is 0. The molecular weight excluding hydrogens is 514 g/mol. The largest absolute Gasteiger partial charge is 0.369 e. The maximum Gasteiger partial charge on any atom is 0.253 e. The minimum atomic E-state index is 0.0481. The lowest BCUT2D eigenvalue weighted by molar-refractivity contribution is -0.136. The van der Waals surface area contributed by atoms with Gasteiger partial charge < -0.3 is 25.8 Å². The highest BCUT2D eigenvalue weighted by molar-refractivity contribution is 6.03. The van der Waals surface area contributed by atoms with E-state index < -0.39 is 0 Å². The van der Waals surface area contributed by atoms with Gasteiger partial charge in [-0.25, -0.2) is 0 Å². The van der Waals surface area contributed by atoms with Crippen molar-refractivity contribution in [1.82, 2.24) is 14.7 Å². The van der Waals surface area contributed by atoms with Crippen LogP contribution in [0.15, 0.2) is 45.9 Å². The van der Waals surface area contributed by atoms with Gasteiger partial charge in [-0.1, -0.05) is 30.9 Å². The molecule has 1 aliphatic carbocycles. The Morgan fingerprint density at radius 2 is 1.73 bits per heavy atom. The molecule has 9 heteroatoms. The maximum absolute atomic E-state index is 13.0. The third-order valence-electron chi connectivity index (χ3n) is 9.39. The van der Waals surface area contributed by atoms with Crippen molar-refractivity contribution in [2.24, 2.45) is 27.6 Å². The topological polar surface area (TPSA) is 107 Å². The minimum Gasteiger partial charge on any atom is -0.369 e. The van der Waals surface area contributed by atoms with Crippen molar-refractivity contribution in [3.63, 3.8) is 0 Å². The number of carbonyl (C=O) groups is 2. The average molecular weight is 562 g/mol. The van der Waals surface area contributed by atoms with Crippen molar-refractivity contribution in [1.29, 1.82) is 0 Å². The van der Waals surface area contributed by atoms with Crippen LogP contribution in [0.3, 0.4) is 0 Å². The van der Waals surface area contributed by atoms with Gasteiger partial charge in [-0.15, -0.1) is 0 Å². The van der Waals surface area contributed by atoms with Crippen LogP contribution in [0, 0.1) is 11.8 Å². The number of benzene rings is 1. The lowest BCUT2D eigenvalue weighted by Gasteiger charge is -2.35. The van der Waals surface area contributed by atoms with Gasteiger partial charge in [0.1, 0.15) is 5.84 Å². The van der Waals surface area contributed by atoms with Crippen LogP contribution in [0.1, 0.15) is 74.6 Å². The number of amides is 2. The zero-order valence-corrected chi connectivity index (χ0v) is 24.9. The molecule has 41 heavy (non-hydrogen) atoms. The van der Waals surface area contributed by atoms with Crippen molar-refractivity contribution >= 4 is 29.3 Å². The summed E-state index contributed by atoms with van der Waals surface area (Å²) in [7, 11) is 4.03. The molecular formula is C32H47N7O2. The summed E-state index contributed by atoms with van der Waals surface area (Å²) in [5, 5.41) is 3.18. The van der Waals surface area contributed by atoms with Gasteiger partial charge in [0, 0.05) is 55.8 Å². The van der Waals surface area contributed by atoms with E-state index in [0.29, 0.717) is 24.0 Å². The van der Waals surface area contributed by atoms with Gasteiger partial charge in [0.05, 0.1) is 0 Å². The highest BCUT2D eigenvalue weighted by Gasteiger charge is 2.30. The number of hydrogen-bond acceptors (Lipinski definition) is 5. The number of likely N-dealkylation sites (tertiary alicyclic amines) is 1. The maximum atomic E-state index is 13.0. The molecule has 0 aromatic heterocycles. The molecule has 0 spiro atoms. The van der Waals surface area contributed by atoms with Gasteiger partial charge in [-0.2, -0.15) is 4.99 Å². The van der Waals surface area contributed by atoms with E-state index in [0.717, 1.165) is 82.6 Å². The smallest absolute Gasteiger partial charge is 0.253 e. The number of nitrogens with one attached hydrogen (secondary N) is 1. The minimum absolute atomic E-state index is 0.0481. The zero-order chi connectivity index (χ0) is 28.8. The monoisotopic (exact) mass is 561 g/mol. The molecule has 2 fully saturated rings. The van der Waals surface area contributed by atoms with Crippen LogP contribution in [0.2, 0.25) is 0 Å². The molecule has 5 rings (SSSR count). The summed E-state index contributed by atoms with van der Waals surface area (Å²) in [5.74, 6) is 1.81. The van der Waals surface area contributed by atoms with Gasteiger partial charge in [0.15, 0.2) is 5.96 Å². The lowest BCUT2D eigenvalue weighted by atomic mass is 9.85. The first kappa shape index (κ1) is 29.3. The molecule has 2 amide bonds. The van der Waals surface area contributed by atoms with Crippen LogP contribution in [0.4, 0.5) is 5.69 Å². The van der Waals surface area contributed by atoms with E-state index in [1.54, 1.807) is 0 Å². The predicted octanol–water partition coefficient (Wildman–Crippen LogP) is 4.13. The molecule has 4 aliphatic rings. The molecule has 0 bridgehead atoms. The second kappa shape index (κ2) is 13.6. The van der Waals surface area contributed by atoms with Crippen LogP contribution >= 0.6 is 0 Å². The summed E-state index contributed by atoms with van der Waals surface area (Å²) in [6, 6.07) is 7.72. The normalized spacial score (nSPS) is 23.5. The molecule has 3 aliphatic heterocycles. The number of anilines is 1. The highest BCUT2D eigenvalue weighted by atomic mass is 16.2. The van der Waals surface area contributed by atoms with E-state index in [2.05, 4.69) is 23.3 Å². The van der Waals surface area contributed by atoms with Crippen molar-refractivity contribution in [2.45, 2.75) is 70.3 Å². The predicted molar refractivity (Wildman–Crippen MR) is 165 cm³/mol. The van der Waals surface area contributed by atoms with Crippen LogP contribution in [-0.4, -0.2) is 91.2 Å². The molecule has 1 atom stereocenters. The standard InChI is InChI=1S/C32H47N7O2/c1-37-19-16-27(17-20-37)38(2)30(40)25-10-12-26(13-11-25)35-32(33)36-29-28(9-6-18-34-29)23-14-21-39(22-15-23)31(41)24-7-4-3-5-8-24/h10-14,24,27-28H,3-9,15-22H2,1-2H3,(H3,33,34,35,36). The number of piperidine rings is 1. The van der Waals surface area contributed by atoms with Gasteiger partial charge in [-0.3, -0.25) is 14.6 Å². The Bertz CT molecular complexity index is 1160. The van der Waals surface area contributed by atoms with Gasteiger partial charge in [-0.05, 0) is 89.3 Å². The van der Waals surface area contributed by atoms with Crippen LogP contribution < -0.4 is 11.1 Å². The van der Waals surface area contributed by atoms with Crippen molar-refractivity contribution in [3.05, 3.63) is 41.5 Å². The first-order chi connectivity index (χ1) is 19.9. The Balaban J connectivity index is 1.17. The zero-order valence-electron chi connectivity index (χ0n) is 24.9. The molecule has 0 radical (unpaired) electrons. The van der Waals surface area contributed by atoms with Crippen molar-refractivity contribution in [2.75, 3.05) is 52.1 Å². The van der Waals surface area contributed by atoms with Gasteiger partial charge >= 0.3 is 0 Å². The number of nitrogens with zero attached hydrogens (tertiary/aromatic N) is 5. The number of amidine groups is 1. The number of aliphatic imine (C=N–C) groups is 2. The molecule has 1 saturated heterocycles. The molecule has 3 heterocycles. The number of carbonyl (C=O) groups excluding carboxylic acids is 2. The number of rotatable bonds is 5. The molecule has 1 saturated carbocycles. The SMILES string of the molecule is CN1CCC(N(C)C(=O)c2ccc(NC(N)=NC3=NCCCC3C3=CCN(C(=O)C4CCCCC4)CC3)cc2)CC1. The first-order valence-corrected chi connectivity index (χ1v) is 15.6.